The van der Waals surface area contributed by atoms with Gasteiger partial charge in [-0.15, -0.1) is 0 Å². The lowest BCUT2D eigenvalue weighted by atomic mass is 10.1. The first-order chi connectivity index (χ1) is 19.6. The van der Waals surface area contributed by atoms with Gasteiger partial charge in [-0.3, -0.25) is 15.1 Å². The van der Waals surface area contributed by atoms with Crippen molar-refractivity contribution in [3.8, 4) is 0 Å². The van der Waals surface area contributed by atoms with Crippen molar-refractivity contribution in [2.45, 2.75) is 71.1 Å². The number of rotatable bonds is 11. The van der Waals surface area contributed by atoms with Crippen molar-refractivity contribution in [3.05, 3.63) is 52.1 Å². The second-order valence-electron chi connectivity index (χ2n) is 12.1. The molecule has 0 aromatic heterocycles. The van der Waals surface area contributed by atoms with Gasteiger partial charge in [0.05, 0.1) is 16.3 Å². The molecule has 0 atom stereocenters. The van der Waals surface area contributed by atoms with Crippen LogP contribution in [-0.4, -0.2) is 63.1 Å². The summed E-state index contributed by atoms with van der Waals surface area (Å²) in [6.45, 7) is 12.6. The molecule has 0 saturated carbocycles. The third kappa shape index (κ3) is 7.86. The Morgan fingerprint density at radius 1 is 0.902 bits per heavy atom. The molecule has 0 radical (unpaired) electrons. The number of benzene rings is 2. The van der Waals surface area contributed by atoms with E-state index in [0.717, 1.165) is 70.4 Å². The standard InChI is InChI=1S/C31H45N5O4S/c1-24(2)22-34(23-25(3)4)28-13-11-26(19-30(28)36(37)38)21-32-27-12-14-29(33-15-7-5-8-16-33)31(20-27)41(39,40)35-17-9-6-10-18-35/h11-14,19-21,24-25H,5-10,15-18,22-23H2,1-4H3. The highest BCUT2D eigenvalue weighted by atomic mass is 32.2. The summed E-state index contributed by atoms with van der Waals surface area (Å²) in [6, 6.07) is 10.6. The highest BCUT2D eigenvalue weighted by molar-refractivity contribution is 7.89. The van der Waals surface area contributed by atoms with E-state index >= 15 is 0 Å². The molecular formula is C31H45N5O4S. The van der Waals surface area contributed by atoms with Crippen molar-refractivity contribution in [2.75, 3.05) is 49.1 Å². The number of sulfonamides is 1. The zero-order chi connectivity index (χ0) is 29.6. The monoisotopic (exact) mass is 583 g/mol. The molecule has 2 fully saturated rings. The Labute approximate surface area is 245 Å². The second kappa shape index (κ2) is 13.8. The molecule has 0 amide bonds. The maximum atomic E-state index is 13.8. The maximum Gasteiger partial charge on any atom is 0.293 e. The van der Waals surface area contributed by atoms with E-state index < -0.39 is 10.0 Å². The van der Waals surface area contributed by atoms with Crippen LogP contribution in [0.15, 0.2) is 46.3 Å². The van der Waals surface area contributed by atoms with Crippen LogP contribution in [0, 0.1) is 22.0 Å². The fraction of sp³-hybridized carbons (Fsp3) is 0.581. The zero-order valence-electron chi connectivity index (χ0n) is 25.0. The summed E-state index contributed by atoms with van der Waals surface area (Å²) in [4.78, 5) is 20.9. The van der Waals surface area contributed by atoms with Gasteiger partial charge in [0, 0.05) is 51.5 Å². The molecular weight excluding hydrogens is 538 g/mol. The first kappa shape index (κ1) is 31.0. The van der Waals surface area contributed by atoms with E-state index in [4.69, 9.17) is 0 Å². The number of anilines is 2. The van der Waals surface area contributed by atoms with Crippen molar-refractivity contribution in [2.24, 2.45) is 16.8 Å². The van der Waals surface area contributed by atoms with Crippen molar-refractivity contribution in [1.29, 1.82) is 0 Å². The fourth-order valence-electron chi connectivity index (χ4n) is 5.77. The molecule has 41 heavy (non-hydrogen) atoms. The van der Waals surface area contributed by atoms with Gasteiger partial charge in [-0.2, -0.15) is 4.31 Å². The third-order valence-electron chi connectivity index (χ3n) is 7.64. The molecule has 2 aromatic rings. The van der Waals surface area contributed by atoms with Crippen LogP contribution in [0.4, 0.5) is 22.7 Å². The van der Waals surface area contributed by atoms with E-state index in [1.54, 1.807) is 28.7 Å². The molecule has 0 bridgehead atoms. The molecule has 4 rings (SSSR count). The maximum absolute atomic E-state index is 13.8. The van der Waals surface area contributed by atoms with Gasteiger partial charge in [0.1, 0.15) is 10.6 Å². The number of hydrogen-bond donors (Lipinski definition) is 0. The SMILES string of the molecule is CC(C)CN(CC(C)C)c1ccc(C=Nc2ccc(N3CCCCC3)c(S(=O)(=O)N3CCCCC3)c2)cc1[N+](=O)[O-]. The van der Waals surface area contributed by atoms with Crippen LogP contribution in [0.2, 0.25) is 0 Å². The topological polar surface area (TPSA) is 99.4 Å². The smallest absolute Gasteiger partial charge is 0.293 e. The molecule has 0 unspecified atom stereocenters. The normalized spacial score (nSPS) is 17.1. The minimum absolute atomic E-state index is 0.0454. The van der Waals surface area contributed by atoms with Crippen molar-refractivity contribution >= 4 is 39.0 Å². The quantitative estimate of drug-likeness (QED) is 0.167. The largest absolute Gasteiger partial charge is 0.370 e. The third-order valence-corrected chi connectivity index (χ3v) is 9.57. The summed E-state index contributed by atoms with van der Waals surface area (Å²) in [5.74, 6) is 0.718. The first-order valence-corrected chi connectivity index (χ1v) is 16.5. The number of hydrogen-bond acceptors (Lipinski definition) is 7. The Morgan fingerprint density at radius 2 is 1.51 bits per heavy atom. The summed E-state index contributed by atoms with van der Waals surface area (Å²) in [7, 11) is -3.68. The number of piperidine rings is 2. The van der Waals surface area contributed by atoms with Gasteiger partial charge in [0.15, 0.2) is 0 Å². The van der Waals surface area contributed by atoms with Crippen LogP contribution in [0.5, 0.6) is 0 Å². The van der Waals surface area contributed by atoms with Gasteiger partial charge in [0.2, 0.25) is 10.0 Å². The number of nitro groups is 1. The average Bonchev–Trinajstić information content (AvgIpc) is 2.96. The van der Waals surface area contributed by atoms with Crippen molar-refractivity contribution in [1.82, 2.24) is 4.31 Å². The van der Waals surface area contributed by atoms with E-state index in [0.29, 0.717) is 46.8 Å². The molecule has 2 aliphatic rings. The van der Waals surface area contributed by atoms with Gasteiger partial charge in [-0.05, 0) is 73.8 Å². The van der Waals surface area contributed by atoms with Gasteiger partial charge >= 0.3 is 0 Å². The highest BCUT2D eigenvalue weighted by Gasteiger charge is 2.30. The van der Waals surface area contributed by atoms with Crippen molar-refractivity contribution in [3.63, 3.8) is 0 Å². The van der Waals surface area contributed by atoms with Crippen LogP contribution in [0.3, 0.4) is 0 Å². The Balaban J connectivity index is 1.67. The molecule has 2 saturated heterocycles. The molecule has 224 valence electrons. The predicted molar refractivity (Wildman–Crippen MR) is 167 cm³/mol. The van der Waals surface area contributed by atoms with Gasteiger partial charge in [-0.25, -0.2) is 8.42 Å². The summed E-state index contributed by atoms with van der Waals surface area (Å²) >= 11 is 0. The fourth-order valence-corrected chi connectivity index (χ4v) is 7.51. The average molecular weight is 584 g/mol. The molecule has 0 aliphatic carbocycles. The second-order valence-corrected chi connectivity index (χ2v) is 14.0. The van der Waals surface area contributed by atoms with Crippen LogP contribution >= 0.6 is 0 Å². The minimum atomic E-state index is -3.68. The van der Waals surface area contributed by atoms with Gasteiger partial charge in [0.25, 0.3) is 5.69 Å². The molecule has 2 aromatic carbocycles. The van der Waals surface area contributed by atoms with Crippen LogP contribution in [-0.2, 0) is 10.0 Å². The van der Waals surface area contributed by atoms with E-state index in [1.165, 1.54) is 0 Å². The molecule has 2 heterocycles. The van der Waals surface area contributed by atoms with Gasteiger partial charge < -0.3 is 9.80 Å². The molecule has 10 heteroatoms. The molecule has 9 nitrogen and oxygen atoms in total. The highest BCUT2D eigenvalue weighted by Crippen LogP contribution is 2.35. The summed E-state index contributed by atoms with van der Waals surface area (Å²) in [5, 5.41) is 12.1. The lowest BCUT2D eigenvalue weighted by Crippen LogP contribution is -2.37. The zero-order valence-corrected chi connectivity index (χ0v) is 25.8. The predicted octanol–water partition coefficient (Wildman–Crippen LogP) is 6.63. The number of nitrogens with zero attached hydrogens (tertiary/aromatic N) is 5. The molecule has 0 spiro atoms. The van der Waals surface area contributed by atoms with E-state index in [9.17, 15) is 18.5 Å². The van der Waals surface area contributed by atoms with Crippen LogP contribution < -0.4 is 9.80 Å². The Morgan fingerprint density at radius 3 is 2.10 bits per heavy atom. The van der Waals surface area contributed by atoms with E-state index in [2.05, 4.69) is 42.5 Å². The van der Waals surface area contributed by atoms with Crippen molar-refractivity contribution < 1.29 is 13.3 Å². The number of nitro benzene ring substituents is 1. The van der Waals surface area contributed by atoms with Crippen LogP contribution in [0.1, 0.15) is 71.8 Å². The Hall–Kier alpha value is -2.98. The summed E-state index contributed by atoms with van der Waals surface area (Å²) < 4.78 is 29.2. The Kier molecular flexibility index (Phi) is 10.4. The minimum Gasteiger partial charge on any atom is -0.370 e. The lowest BCUT2D eigenvalue weighted by molar-refractivity contribution is -0.384. The first-order valence-electron chi connectivity index (χ1n) is 15.0. The Bertz CT molecular complexity index is 1320. The number of aliphatic imine (C=N–C) groups is 1. The summed E-state index contributed by atoms with van der Waals surface area (Å²) in [5.41, 5.74) is 2.49. The molecule has 2 aliphatic heterocycles. The van der Waals surface area contributed by atoms with Crippen LogP contribution in [0.25, 0.3) is 0 Å². The van der Waals surface area contributed by atoms with Gasteiger partial charge in [-0.1, -0.05) is 40.2 Å². The molecule has 0 N–H and O–H groups in total. The van der Waals surface area contributed by atoms with E-state index in [-0.39, 0.29) is 10.6 Å². The van der Waals surface area contributed by atoms with E-state index in [1.807, 2.05) is 18.2 Å². The summed E-state index contributed by atoms with van der Waals surface area (Å²) in [6.07, 6.45) is 7.62. The lowest BCUT2D eigenvalue weighted by Gasteiger charge is -2.32.